The van der Waals surface area contributed by atoms with Crippen molar-refractivity contribution < 1.29 is 13.2 Å². The molecule has 6 nitrogen and oxygen atoms in total. The van der Waals surface area contributed by atoms with E-state index in [4.69, 9.17) is 0 Å². The van der Waals surface area contributed by atoms with Crippen molar-refractivity contribution >= 4 is 27.1 Å². The Morgan fingerprint density at radius 1 is 1.50 bits per heavy atom. The van der Waals surface area contributed by atoms with Gasteiger partial charge < -0.3 is 5.32 Å². The molecule has 1 aliphatic heterocycles. The minimum Gasteiger partial charge on any atom is -0.345 e. The van der Waals surface area contributed by atoms with Gasteiger partial charge in [-0.1, -0.05) is 18.3 Å². The van der Waals surface area contributed by atoms with E-state index in [-0.39, 0.29) is 22.7 Å². The normalized spacial score (nSPS) is 24.3. The Morgan fingerprint density at radius 3 is 2.61 bits per heavy atom. The third-order valence-corrected chi connectivity index (χ3v) is 7.02. The third-order valence-electron chi connectivity index (χ3n) is 3.30. The lowest BCUT2D eigenvalue weighted by atomic mass is 10.0. The van der Waals surface area contributed by atoms with Crippen molar-refractivity contribution in [3.05, 3.63) is 10.0 Å². The molecular weight excluding hydrogens is 274 g/mol. The van der Waals surface area contributed by atoms with E-state index in [1.165, 1.54) is 11.3 Å². The molecule has 0 radical (unpaired) electrons. The van der Waals surface area contributed by atoms with E-state index in [0.717, 1.165) is 11.4 Å². The van der Waals surface area contributed by atoms with Gasteiger partial charge in [-0.05, 0) is 20.3 Å². The molecule has 0 aromatic carbocycles. The first kappa shape index (κ1) is 13.4. The van der Waals surface area contributed by atoms with Gasteiger partial charge in [0, 0.05) is 0 Å². The lowest BCUT2D eigenvalue weighted by Crippen LogP contribution is -2.66. The molecule has 1 fully saturated rings. The molecule has 2 rings (SSSR count). The number of sulfone groups is 1. The molecule has 0 unspecified atom stereocenters. The number of rotatable bonds is 3. The van der Waals surface area contributed by atoms with Crippen LogP contribution >= 0.6 is 11.3 Å². The fraction of sp³-hybridized carbons (Fsp3) is 0.700. The molecule has 1 atom stereocenters. The predicted molar refractivity (Wildman–Crippen MR) is 68.4 cm³/mol. The Bertz CT molecular complexity index is 577. The number of hydrogen-bond donors (Lipinski definition) is 1. The van der Waals surface area contributed by atoms with E-state index in [1.807, 2.05) is 6.92 Å². The van der Waals surface area contributed by atoms with Crippen molar-refractivity contribution in [1.29, 1.82) is 0 Å². The number of nitrogens with one attached hydrogen (secondary N) is 1. The van der Waals surface area contributed by atoms with Crippen LogP contribution in [0, 0.1) is 0 Å². The average molecular weight is 289 g/mol. The standard InChI is InChI=1S/C10H15N3O3S2/c1-4-7-12-13-9(17-7)8(14)11-6-5-18(15,16)10(6,2)3/h6H,4-5H2,1-3H3,(H,11,14)/t6-/m0/s1. The molecule has 0 saturated carbocycles. The van der Waals surface area contributed by atoms with Crippen LogP contribution in [0.5, 0.6) is 0 Å². The van der Waals surface area contributed by atoms with Gasteiger partial charge in [-0.2, -0.15) is 0 Å². The fourth-order valence-electron chi connectivity index (χ4n) is 1.68. The molecular formula is C10H15N3O3S2. The van der Waals surface area contributed by atoms with Crippen molar-refractivity contribution in [3.63, 3.8) is 0 Å². The van der Waals surface area contributed by atoms with Gasteiger partial charge in [0.2, 0.25) is 5.01 Å². The maximum absolute atomic E-state index is 11.9. The van der Waals surface area contributed by atoms with Gasteiger partial charge >= 0.3 is 0 Å². The van der Waals surface area contributed by atoms with Crippen LogP contribution in [0.2, 0.25) is 0 Å². The van der Waals surface area contributed by atoms with Gasteiger partial charge in [-0.25, -0.2) is 8.42 Å². The monoisotopic (exact) mass is 289 g/mol. The largest absolute Gasteiger partial charge is 0.345 e. The molecule has 1 amide bonds. The first-order valence-corrected chi connectivity index (χ1v) is 8.10. The molecule has 1 saturated heterocycles. The second kappa shape index (κ2) is 4.27. The molecule has 0 spiro atoms. The molecule has 1 aromatic heterocycles. The topological polar surface area (TPSA) is 89.0 Å². The minimum absolute atomic E-state index is 0.00875. The maximum Gasteiger partial charge on any atom is 0.282 e. The van der Waals surface area contributed by atoms with E-state index in [0.29, 0.717) is 0 Å². The molecule has 0 bridgehead atoms. The third kappa shape index (κ3) is 2.03. The van der Waals surface area contributed by atoms with Gasteiger partial charge in [0.05, 0.1) is 16.5 Å². The van der Waals surface area contributed by atoms with Gasteiger partial charge in [-0.3, -0.25) is 4.79 Å². The van der Waals surface area contributed by atoms with Crippen LogP contribution in [0.4, 0.5) is 0 Å². The van der Waals surface area contributed by atoms with Crippen molar-refractivity contribution in [2.24, 2.45) is 0 Å². The highest BCUT2D eigenvalue weighted by atomic mass is 32.2. The van der Waals surface area contributed by atoms with E-state index >= 15 is 0 Å². The number of aromatic nitrogens is 2. The highest BCUT2D eigenvalue weighted by molar-refractivity contribution is 7.94. The zero-order chi connectivity index (χ0) is 13.6. The molecule has 100 valence electrons. The molecule has 18 heavy (non-hydrogen) atoms. The number of amides is 1. The van der Waals surface area contributed by atoms with Gasteiger partial charge in [-0.15, -0.1) is 10.2 Å². The fourth-order valence-corrected chi connectivity index (χ4v) is 4.01. The van der Waals surface area contributed by atoms with Crippen LogP contribution in [-0.2, 0) is 16.3 Å². The van der Waals surface area contributed by atoms with Gasteiger partial charge in [0.15, 0.2) is 9.84 Å². The van der Waals surface area contributed by atoms with Crippen LogP contribution in [0.3, 0.4) is 0 Å². The van der Waals surface area contributed by atoms with Crippen molar-refractivity contribution in [1.82, 2.24) is 15.5 Å². The maximum atomic E-state index is 11.9. The number of hydrogen-bond acceptors (Lipinski definition) is 6. The van der Waals surface area contributed by atoms with Crippen LogP contribution in [-0.4, -0.2) is 41.1 Å². The van der Waals surface area contributed by atoms with Crippen LogP contribution < -0.4 is 5.32 Å². The zero-order valence-corrected chi connectivity index (χ0v) is 12.1. The van der Waals surface area contributed by atoms with Crippen LogP contribution in [0.25, 0.3) is 0 Å². The lowest BCUT2D eigenvalue weighted by Gasteiger charge is -2.43. The summed E-state index contributed by atoms with van der Waals surface area (Å²) in [5, 5.41) is 11.4. The summed E-state index contributed by atoms with van der Waals surface area (Å²) in [5.41, 5.74) is 0. The first-order chi connectivity index (χ1) is 8.28. The van der Waals surface area contributed by atoms with Crippen LogP contribution in [0.1, 0.15) is 35.6 Å². The molecule has 0 aliphatic carbocycles. The first-order valence-electron chi connectivity index (χ1n) is 5.63. The van der Waals surface area contributed by atoms with E-state index in [2.05, 4.69) is 15.5 Å². The smallest absolute Gasteiger partial charge is 0.282 e. The van der Waals surface area contributed by atoms with E-state index in [1.54, 1.807) is 13.8 Å². The number of nitrogens with zero attached hydrogens (tertiary/aromatic N) is 2. The average Bonchev–Trinajstić information content (AvgIpc) is 2.76. The Labute approximate surface area is 110 Å². The lowest BCUT2D eigenvalue weighted by molar-refractivity contribution is 0.0928. The molecule has 8 heteroatoms. The van der Waals surface area contributed by atoms with Gasteiger partial charge in [0.1, 0.15) is 5.01 Å². The van der Waals surface area contributed by atoms with Crippen molar-refractivity contribution in [2.75, 3.05) is 5.75 Å². The summed E-state index contributed by atoms with van der Waals surface area (Å²) < 4.78 is 22.2. The summed E-state index contributed by atoms with van der Waals surface area (Å²) in [5.74, 6) is -0.356. The minimum atomic E-state index is -3.08. The Morgan fingerprint density at radius 2 is 2.17 bits per heavy atom. The number of aryl methyl sites for hydroxylation is 1. The van der Waals surface area contributed by atoms with E-state index in [9.17, 15) is 13.2 Å². The van der Waals surface area contributed by atoms with E-state index < -0.39 is 14.6 Å². The molecule has 1 aromatic rings. The summed E-state index contributed by atoms with van der Waals surface area (Å²) in [6.07, 6.45) is 0.730. The Hall–Kier alpha value is -1.02. The summed E-state index contributed by atoms with van der Waals surface area (Å²) >= 11 is 1.23. The van der Waals surface area contributed by atoms with Crippen LogP contribution in [0.15, 0.2) is 0 Å². The quantitative estimate of drug-likeness (QED) is 0.870. The molecule has 1 aliphatic rings. The second-order valence-electron chi connectivity index (χ2n) is 4.77. The molecule has 1 N–H and O–H groups in total. The van der Waals surface area contributed by atoms with Gasteiger partial charge in [0.25, 0.3) is 5.91 Å². The number of carbonyl (C=O) groups excluding carboxylic acids is 1. The zero-order valence-electron chi connectivity index (χ0n) is 10.4. The predicted octanol–water partition coefficient (Wildman–Crippen LogP) is 0.406. The SMILES string of the molecule is CCc1nnc(C(=O)N[C@H]2CS(=O)(=O)C2(C)C)s1. The highest BCUT2D eigenvalue weighted by Gasteiger charge is 2.54. The van der Waals surface area contributed by atoms with Crippen molar-refractivity contribution in [2.45, 2.75) is 38.0 Å². The second-order valence-corrected chi connectivity index (χ2v) is 8.44. The summed E-state index contributed by atoms with van der Waals surface area (Å²) in [7, 11) is -3.08. The van der Waals surface area contributed by atoms with Crippen molar-refractivity contribution in [3.8, 4) is 0 Å². The Balaban J connectivity index is 2.06. The highest BCUT2D eigenvalue weighted by Crippen LogP contribution is 2.33. The summed E-state index contributed by atoms with van der Waals surface area (Å²) in [6, 6.07) is -0.357. The number of carbonyl (C=O) groups is 1. The summed E-state index contributed by atoms with van der Waals surface area (Å²) in [6.45, 7) is 5.17. The summed E-state index contributed by atoms with van der Waals surface area (Å²) in [4.78, 5) is 11.9. The molecule has 2 heterocycles. The Kier molecular flexibility index (Phi) is 3.18.